The smallest absolute Gasteiger partial charge is 0.128 e. The lowest BCUT2D eigenvalue weighted by Crippen LogP contribution is -2.22. The molecular formula is C21H27N3O. The van der Waals surface area contributed by atoms with Crippen LogP contribution in [-0.4, -0.2) is 41.2 Å². The van der Waals surface area contributed by atoms with Crippen LogP contribution in [0.2, 0.25) is 0 Å². The quantitative estimate of drug-likeness (QED) is 0.907. The molecule has 2 aliphatic rings. The molecule has 0 spiro atoms. The third kappa shape index (κ3) is 4.13. The molecular weight excluding hydrogens is 310 g/mol. The van der Waals surface area contributed by atoms with Gasteiger partial charge in [0.15, 0.2) is 0 Å². The number of rotatable bonds is 5. The van der Waals surface area contributed by atoms with Crippen molar-refractivity contribution in [3.63, 3.8) is 0 Å². The summed E-state index contributed by atoms with van der Waals surface area (Å²) in [5.41, 5.74) is 2.54. The minimum absolute atomic E-state index is 0.364. The van der Waals surface area contributed by atoms with E-state index in [1.807, 2.05) is 12.1 Å². The van der Waals surface area contributed by atoms with E-state index in [2.05, 4.69) is 34.2 Å². The van der Waals surface area contributed by atoms with Gasteiger partial charge in [0, 0.05) is 25.8 Å². The minimum Gasteiger partial charge on any atom is -0.508 e. The fraction of sp³-hybridized carbons (Fsp3) is 0.476. The van der Waals surface area contributed by atoms with E-state index in [-0.39, 0.29) is 0 Å². The Morgan fingerprint density at radius 1 is 1.04 bits per heavy atom. The van der Waals surface area contributed by atoms with Crippen molar-refractivity contribution in [2.45, 2.75) is 32.2 Å². The summed E-state index contributed by atoms with van der Waals surface area (Å²) in [6.07, 6.45) is 6.93. The van der Waals surface area contributed by atoms with Crippen molar-refractivity contribution >= 4 is 5.82 Å². The lowest BCUT2D eigenvalue weighted by atomic mass is 9.99. The first-order valence-electron chi connectivity index (χ1n) is 9.46. The van der Waals surface area contributed by atoms with Crippen LogP contribution < -0.4 is 4.90 Å². The Morgan fingerprint density at radius 2 is 1.92 bits per heavy atom. The maximum atomic E-state index is 9.62. The molecule has 2 fully saturated rings. The third-order valence-corrected chi connectivity index (χ3v) is 5.46. The van der Waals surface area contributed by atoms with Gasteiger partial charge in [-0.2, -0.15) is 0 Å². The van der Waals surface area contributed by atoms with E-state index >= 15 is 0 Å². The van der Waals surface area contributed by atoms with Crippen molar-refractivity contribution in [1.29, 1.82) is 0 Å². The molecule has 4 rings (SSSR count). The molecule has 4 nitrogen and oxygen atoms in total. The van der Waals surface area contributed by atoms with Gasteiger partial charge in [-0.3, -0.25) is 4.90 Å². The predicted octanol–water partition coefficient (Wildman–Crippen LogP) is 3.45. The topological polar surface area (TPSA) is 39.6 Å². The van der Waals surface area contributed by atoms with Crippen molar-refractivity contribution in [3.05, 3.63) is 53.7 Å². The lowest BCUT2D eigenvalue weighted by Gasteiger charge is -2.19. The molecule has 1 N–H and O–H groups in total. The fourth-order valence-electron chi connectivity index (χ4n) is 4.12. The number of nitrogens with zero attached hydrogens (tertiary/aromatic N) is 3. The van der Waals surface area contributed by atoms with Crippen LogP contribution in [0.15, 0.2) is 42.6 Å². The molecule has 0 aliphatic carbocycles. The molecule has 0 saturated carbocycles. The monoisotopic (exact) mass is 337 g/mol. The van der Waals surface area contributed by atoms with Crippen molar-refractivity contribution < 1.29 is 5.11 Å². The second kappa shape index (κ2) is 7.44. The summed E-state index contributed by atoms with van der Waals surface area (Å²) >= 11 is 0. The molecule has 0 radical (unpaired) electrons. The molecule has 0 amide bonds. The number of phenols is 1. The van der Waals surface area contributed by atoms with E-state index in [9.17, 15) is 5.11 Å². The number of benzene rings is 1. The highest BCUT2D eigenvalue weighted by Gasteiger charge is 2.23. The van der Waals surface area contributed by atoms with Gasteiger partial charge in [-0.05, 0) is 74.0 Å². The summed E-state index contributed by atoms with van der Waals surface area (Å²) in [4.78, 5) is 9.63. The Balaban J connectivity index is 1.33. The zero-order valence-corrected chi connectivity index (χ0v) is 14.8. The average molecular weight is 337 g/mol. The summed E-state index contributed by atoms with van der Waals surface area (Å²) in [6, 6.07) is 12.1. The standard InChI is InChI=1S/C21H27N3O/c25-20-5-3-4-17(13-20)12-18-8-11-24(16-18)21-7-6-19(14-22-21)15-23-9-1-2-10-23/h3-7,13-14,18,25H,1-2,8-12,15-16H2. The summed E-state index contributed by atoms with van der Waals surface area (Å²) in [6.45, 7) is 5.61. The molecule has 3 heterocycles. The SMILES string of the molecule is Oc1cccc(CC2CCN(c3ccc(CN4CCCC4)cn3)C2)c1. The summed E-state index contributed by atoms with van der Waals surface area (Å²) in [5.74, 6) is 2.10. The van der Waals surface area contributed by atoms with E-state index in [4.69, 9.17) is 4.98 Å². The van der Waals surface area contributed by atoms with Gasteiger partial charge in [0.05, 0.1) is 0 Å². The number of hydrogen-bond acceptors (Lipinski definition) is 4. The fourth-order valence-corrected chi connectivity index (χ4v) is 4.12. The van der Waals surface area contributed by atoms with Crippen LogP contribution in [-0.2, 0) is 13.0 Å². The lowest BCUT2D eigenvalue weighted by molar-refractivity contribution is 0.331. The molecule has 2 saturated heterocycles. The minimum atomic E-state index is 0.364. The van der Waals surface area contributed by atoms with Gasteiger partial charge >= 0.3 is 0 Å². The van der Waals surface area contributed by atoms with Crippen molar-refractivity contribution in [3.8, 4) is 5.75 Å². The predicted molar refractivity (Wildman–Crippen MR) is 101 cm³/mol. The number of likely N-dealkylation sites (tertiary alicyclic amines) is 1. The van der Waals surface area contributed by atoms with Crippen LogP contribution in [0, 0.1) is 5.92 Å². The van der Waals surface area contributed by atoms with Crippen molar-refractivity contribution in [2.75, 3.05) is 31.1 Å². The number of phenolic OH excluding ortho intramolecular Hbond substituents is 1. The Bertz CT molecular complexity index is 695. The normalized spacial score (nSPS) is 21.1. The number of pyridine rings is 1. The number of anilines is 1. The van der Waals surface area contributed by atoms with Gasteiger partial charge < -0.3 is 10.0 Å². The molecule has 1 aromatic heterocycles. The van der Waals surface area contributed by atoms with Crippen LogP contribution in [0.1, 0.15) is 30.4 Å². The van der Waals surface area contributed by atoms with Crippen molar-refractivity contribution in [2.24, 2.45) is 5.92 Å². The maximum Gasteiger partial charge on any atom is 0.128 e. The van der Waals surface area contributed by atoms with E-state index in [1.54, 1.807) is 6.07 Å². The highest BCUT2D eigenvalue weighted by atomic mass is 16.3. The molecule has 1 aromatic carbocycles. The Labute approximate surface area is 150 Å². The van der Waals surface area contributed by atoms with Gasteiger partial charge in [0.2, 0.25) is 0 Å². The van der Waals surface area contributed by atoms with E-state index < -0.39 is 0 Å². The molecule has 25 heavy (non-hydrogen) atoms. The van der Waals surface area contributed by atoms with Crippen molar-refractivity contribution in [1.82, 2.24) is 9.88 Å². The van der Waals surface area contributed by atoms with Gasteiger partial charge in [-0.1, -0.05) is 18.2 Å². The number of hydrogen-bond donors (Lipinski definition) is 1. The molecule has 1 unspecified atom stereocenters. The van der Waals surface area contributed by atoms with Crippen LogP contribution in [0.4, 0.5) is 5.82 Å². The highest BCUT2D eigenvalue weighted by Crippen LogP contribution is 2.26. The van der Waals surface area contributed by atoms with E-state index in [1.165, 1.54) is 43.5 Å². The Morgan fingerprint density at radius 3 is 2.68 bits per heavy atom. The highest BCUT2D eigenvalue weighted by molar-refractivity contribution is 5.41. The first-order chi connectivity index (χ1) is 12.3. The maximum absolute atomic E-state index is 9.62. The van der Waals surface area contributed by atoms with Crippen LogP contribution in [0.5, 0.6) is 5.75 Å². The summed E-state index contributed by atoms with van der Waals surface area (Å²) in [5, 5.41) is 9.62. The zero-order valence-electron chi connectivity index (χ0n) is 14.8. The largest absolute Gasteiger partial charge is 0.508 e. The first kappa shape index (κ1) is 16.4. The second-order valence-electron chi connectivity index (χ2n) is 7.48. The van der Waals surface area contributed by atoms with Gasteiger partial charge in [-0.25, -0.2) is 4.98 Å². The molecule has 0 bridgehead atoms. The molecule has 4 heteroatoms. The van der Waals surface area contributed by atoms with Crippen LogP contribution >= 0.6 is 0 Å². The summed E-state index contributed by atoms with van der Waals surface area (Å²) < 4.78 is 0. The Hall–Kier alpha value is -2.07. The molecule has 1 atom stereocenters. The summed E-state index contributed by atoms with van der Waals surface area (Å²) in [7, 11) is 0. The van der Waals surface area contributed by atoms with Gasteiger partial charge in [-0.15, -0.1) is 0 Å². The molecule has 2 aromatic rings. The van der Waals surface area contributed by atoms with E-state index in [0.717, 1.165) is 31.9 Å². The Kier molecular flexibility index (Phi) is 4.88. The van der Waals surface area contributed by atoms with E-state index in [0.29, 0.717) is 11.7 Å². The third-order valence-electron chi connectivity index (χ3n) is 5.46. The van der Waals surface area contributed by atoms with Crippen LogP contribution in [0.3, 0.4) is 0 Å². The van der Waals surface area contributed by atoms with Gasteiger partial charge in [0.1, 0.15) is 11.6 Å². The number of aromatic hydroxyl groups is 1. The average Bonchev–Trinajstić information content (AvgIpc) is 3.28. The van der Waals surface area contributed by atoms with Gasteiger partial charge in [0.25, 0.3) is 0 Å². The van der Waals surface area contributed by atoms with Crippen LogP contribution in [0.25, 0.3) is 0 Å². The number of aromatic nitrogens is 1. The first-order valence-corrected chi connectivity index (χ1v) is 9.46. The molecule has 132 valence electrons. The molecule has 2 aliphatic heterocycles. The zero-order chi connectivity index (χ0) is 17.1. The second-order valence-corrected chi connectivity index (χ2v) is 7.48.